The summed E-state index contributed by atoms with van der Waals surface area (Å²) in [6, 6.07) is 4.18. The van der Waals surface area contributed by atoms with E-state index in [1.165, 1.54) is 12.8 Å². The second kappa shape index (κ2) is 14.0. The highest BCUT2D eigenvalue weighted by atomic mass is 127. The minimum absolute atomic E-state index is 0. The van der Waals surface area contributed by atoms with Crippen LogP contribution >= 0.6 is 24.0 Å². The lowest BCUT2D eigenvalue weighted by Crippen LogP contribution is -2.38. The van der Waals surface area contributed by atoms with Crippen molar-refractivity contribution in [2.24, 2.45) is 12.0 Å². The van der Waals surface area contributed by atoms with Gasteiger partial charge in [-0.05, 0) is 31.9 Å². The first-order valence-electron chi connectivity index (χ1n) is 8.75. The number of carbonyl (C=O) groups excluding carboxylic acids is 1. The molecule has 0 aromatic carbocycles. The summed E-state index contributed by atoms with van der Waals surface area (Å²) >= 11 is 0. The van der Waals surface area contributed by atoms with Crippen molar-refractivity contribution < 1.29 is 9.53 Å². The number of unbranched alkanes of at least 4 members (excludes halogenated alkanes) is 3. The molecule has 6 nitrogen and oxygen atoms in total. The molecule has 1 aromatic heterocycles. The van der Waals surface area contributed by atoms with Gasteiger partial charge in [-0.3, -0.25) is 9.79 Å². The molecule has 0 saturated carbocycles. The number of nitrogens with one attached hydrogen (secondary N) is 1. The summed E-state index contributed by atoms with van der Waals surface area (Å²) in [5, 5.41) is 3.34. The Morgan fingerprint density at radius 1 is 1.32 bits per heavy atom. The number of guanidine groups is 1. The van der Waals surface area contributed by atoms with Crippen LogP contribution in [0.2, 0.25) is 0 Å². The van der Waals surface area contributed by atoms with E-state index < -0.39 is 0 Å². The Labute approximate surface area is 169 Å². The lowest BCUT2D eigenvalue weighted by molar-refractivity contribution is -0.140. The number of aromatic nitrogens is 1. The molecule has 1 aromatic rings. The summed E-state index contributed by atoms with van der Waals surface area (Å²) in [6.45, 7) is 4.57. The summed E-state index contributed by atoms with van der Waals surface area (Å²) in [5.41, 5.74) is 1.26. The maximum atomic E-state index is 11.0. The van der Waals surface area contributed by atoms with E-state index in [1.54, 1.807) is 0 Å². The number of aliphatic imine (C=N–C) groups is 1. The van der Waals surface area contributed by atoms with Gasteiger partial charge in [0.25, 0.3) is 0 Å². The van der Waals surface area contributed by atoms with Crippen LogP contribution < -0.4 is 5.32 Å². The Morgan fingerprint density at radius 3 is 2.64 bits per heavy atom. The molecule has 144 valence electrons. The Balaban J connectivity index is 0.00000576. The van der Waals surface area contributed by atoms with E-state index in [4.69, 9.17) is 4.99 Å². The van der Waals surface area contributed by atoms with Crippen molar-refractivity contribution in [3.63, 3.8) is 0 Å². The van der Waals surface area contributed by atoms with E-state index in [0.29, 0.717) is 6.42 Å². The zero-order valence-electron chi connectivity index (χ0n) is 16.0. The van der Waals surface area contributed by atoms with E-state index in [1.807, 2.05) is 0 Å². The van der Waals surface area contributed by atoms with Crippen molar-refractivity contribution in [2.45, 2.75) is 45.6 Å². The second-order valence-electron chi connectivity index (χ2n) is 5.94. The van der Waals surface area contributed by atoms with Crippen LogP contribution in [0, 0.1) is 0 Å². The predicted octanol–water partition coefficient (Wildman–Crippen LogP) is 3.16. The second-order valence-corrected chi connectivity index (χ2v) is 5.94. The third kappa shape index (κ3) is 9.72. The van der Waals surface area contributed by atoms with Crippen molar-refractivity contribution in [1.29, 1.82) is 0 Å². The van der Waals surface area contributed by atoms with Crippen LogP contribution in [0.1, 0.15) is 44.7 Å². The molecule has 0 unspecified atom stereocenters. The van der Waals surface area contributed by atoms with Gasteiger partial charge in [0.15, 0.2) is 5.96 Å². The van der Waals surface area contributed by atoms with E-state index in [2.05, 4.69) is 58.9 Å². The molecule has 25 heavy (non-hydrogen) atoms. The van der Waals surface area contributed by atoms with Crippen molar-refractivity contribution >= 4 is 35.9 Å². The lowest BCUT2D eigenvalue weighted by atomic mass is 10.1. The minimum atomic E-state index is -0.121. The maximum Gasteiger partial charge on any atom is 0.305 e. The fraction of sp³-hybridized carbons (Fsp3) is 0.667. The van der Waals surface area contributed by atoms with Gasteiger partial charge < -0.3 is 19.5 Å². The molecule has 1 N–H and O–H groups in total. The highest BCUT2D eigenvalue weighted by Gasteiger charge is 2.08. The smallest absolute Gasteiger partial charge is 0.305 e. The third-order valence-corrected chi connectivity index (χ3v) is 3.93. The normalized spacial score (nSPS) is 11.0. The summed E-state index contributed by atoms with van der Waals surface area (Å²) in [4.78, 5) is 17.9. The van der Waals surface area contributed by atoms with Gasteiger partial charge in [-0.25, -0.2) is 0 Å². The van der Waals surface area contributed by atoms with Gasteiger partial charge in [0.05, 0.1) is 13.7 Å². The number of nitrogens with zero attached hydrogens (tertiary/aromatic N) is 3. The molecular weight excluding hydrogens is 431 g/mol. The van der Waals surface area contributed by atoms with E-state index in [9.17, 15) is 4.79 Å². The van der Waals surface area contributed by atoms with Gasteiger partial charge in [0, 0.05) is 45.5 Å². The van der Waals surface area contributed by atoms with Crippen LogP contribution in [0.25, 0.3) is 0 Å². The van der Waals surface area contributed by atoms with Crippen LogP contribution in [0.15, 0.2) is 23.3 Å². The zero-order valence-corrected chi connectivity index (χ0v) is 18.3. The number of rotatable bonds is 10. The molecule has 0 saturated heterocycles. The van der Waals surface area contributed by atoms with E-state index in [-0.39, 0.29) is 29.9 Å². The average molecular weight is 464 g/mol. The number of aryl methyl sites for hydroxylation is 1. The monoisotopic (exact) mass is 464 g/mol. The van der Waals surface area contributed by atoms with Gasteiger partial charge in [0.2, 0.25) is 0 Å². The van der Waals surface area contributed by atoms with E-state index in [0.717, 1.165) is 51.3 Å². The predicted molar refractivity (Wildman–Crippen MR) is 113 cm³/mol. The first-order chi connectivity index (χ1) is 11.6. The van der Waals surface area contributed by atoms with Gasteiger partial charge in [-0.2, -0.15) is 0 Å². The zero-order chi connectivity index (χ0) is 17.8. The van der Waals surface area contributed by atoms with Crippen LogP contribution in [0.3, 0.4) is 0 Å². The first kappa shape index (κ1) is 23.8. The highest BCUT2D eigenvalue weighted by molar-refractivity contribution is 14.0. The molecule has 1 heterocycles. The molecule has 0 spiro atoms. The van der Waals surface area contributed by atoms with Gasteiger partial charge >= 0.3 is 5.97 Å². The van der Waals surface area contributed by atoms with Crippen molar-refractivity contribution in [3.05, 3.63) is 24.0 Å². The minimum Gasteiger partial charge on any atom is -0.469 e. The van der Waals surface area contributed by atoms with Crippen LogP contribution in [-0.2, 0) is 23.1 Å². The molecule has 1 rings (SSSR count). The lowest BCUT2D eigenvalue weighted by Gasteiger charge is -2.22. The van der Waals surface area contributed by atoms with Crippen LogP contribution in [-0.4, -0.2) is 48.6 Å². The number of ether oxygens (including phenoxy) is 1. The number of hydrogen-bond acceptors (Lipinski definition) is 3. The average Bonchev–Trinajstić information content (AvgIpc) is 2.97. The number of carbonyl (C=O) groups is 1. The summed E-state index contributed by atoms with van der Waals surface area (Å²) in [7, 11) is 5.55. The Kier molecular flexibility index (Phi) is 13.3. The topological polar surface area (TPSA) is 58.9 Å². The third-order valence-electron chi connectivity index (χ3n) is 3.93. The number of methoxy groups -OCH3 is 1. The molecular formula is C18H33IN4O2. The Hall–Kier alpha value is -1.25. The van der Waals surface area contributed by atoms with E-state index >= 15 is 0 Å². The Morgan fingerprint density at radius 2 is 2.04 bits per heavy atom. The largest absolute Gasteiger partial charge is 0.469 e. The molecule has 0 amide bonds. The van der Waals surface area contributed by atoms with Crippen LogP contribution in [0.5, 0.6) is 0 Å². The van der Waals surface area contributed by atoms with Crippen molar-refractivity contribution in [2.75, 3.05) is 27.2 Å². The summed E-state index contributed by atoms with van der Waals surface area (Å²) in [6.07, 6.45) is 6.63. The van der Waals surface area contributed by atoms with Gasteiger partial charge in [-0.15, -0.1) is 24.0 Å². The number of esters is 1. The molecule has 7 heteroatoms. The highest BCUT2D eigenvalue weighted by Crippen LogP contribution is 2.06. The van der Waals surface area contributed by atoms with Gasteiger partial charge in [0.1, 0.15) is 0 Å². The fourth-order valence-electron chi connectivity index (χ4n) is 2.47. The molecule has 0 aliphatic carbocycles. The molecule has 0 bridgehead atoms. The summed E-state index contributed by atoms with van der Waals surface area (Å²) in [5.74, 6) is 0.818. The SMILES string of the molecule is CCNC(=NCCCCCCC(=O)OC)N(C)Cc1cccn1C.I. The quantitative estimate of drug-likeness (QED) is 0.190. The van der Waals surface area contributed by atoms with Crippen molar-refractivity contribution in [1.82, 2.24) is 14.8 Å². The molecule has 0 aliphatic heterocycles. The maximum absolute atomic E-state index is 11.0. The number of hydrogen-bond donors (Lipinski definition) is 1. The molecule has 0 fully saturated rings. The van der Waals surface area contributed by atoms with Crippen molar-refractivity contribution in [3.8, 4) is 0 Å². The van der Waals surface area contributed by atoms with Gasteiger partial charge in [-0.1, -0.05) is 12.8 Å². The summed E-state index contributed by atoms with van der Waals surface area (Å²) < 4.78 is 6.76. The molecule has 0 aliphatic rings. The standard InChI is InChI=1S/C18H32N4O2.HI/c1-5-19-18(22(3)15-16-11-10-14-21(16)2)20-13-9-7-6-8-12-17(23)24-4;/h10-11,14H,5-9,12-13,15H2,1-4H3,(H,19,20);1H. The fourth-order valence-corrected chi connectivity index (χ4v) is 2.47. The Bertz CT molecular complexity index is 517. The molecule has 0 radical (unpaired) electrons. The number of halogens is 1. The molecule has 0 atom stereocenters. The first-order valence-corrected chi connectivity index (χ1v) is 8.75. The van der Waals surface area contributed by atoms with Crippen LogP contribution in [0.4, 0.5) is 0 Å².